The normalized spacial score (nSPS) is 14.5. The van der Waals surface area contributed by atoms with Crippen molar-refractivity contribution < 1.29 is 4.42 Å². The Bertz CT molecular complexity index is 1100. The summed E-state index contributed by atoms with van der Waals surface area (Å²) in [4.78, 5) is 11.1. The summed E-state index contributed by atoms with van der Waals surface area (Å²) in [7, 11) is 0. The van der Waals surface area contributed by atoms with Crippen molar-refractivity contribution in [2.75, 3.05) is 36.8 Å². The number of nitrogen functional groups attached to an aromatic ring is 1. The van der Waals surface area contributed by atoms with Crippen molar-refractivity contribution >= 4 is 22.6 Å². The molecule has 1 aliphatic heterocycles. The van der Waals surface area contributed by atoms with E-state index >= 15 is 0 Å². The van der Waals surface area contributed by atoms with E-state index in [9.17, 15) is 0 Å². The van der Waals surface area contributed by atoms with Gasteiger partial charge in [-0.15, -0.1) is 0 Å². The van der Waals surface area contributed by atoms with E-state index in [2.05, 4.69) is 44.5 Å². The molecule has 6 nitrogen and oxygen atoms in total. The van der Waals surface area contributed by atoms with Crippen LogP contribution in [0.2, 0.25) is 0 Å². The van der Waals surface area contributed by atoms with E-state index in [0.29, 0.717) is 5.82 Å². The third-order valence-electron chi connectivity index (χ3n) is 5.14. The minimum atomic E-state index is 0.499. The van der Waals surface area contributed by atoms with Gasteiger partial charge in [0.05, 0.1) is 0 Å². The Morgan fingerprint density at radius 2 is 1.71 bits per heavy atom. The maximum atomic E-state index is 6.21. The smallest absolute Gasteiger partial charge is 0.161 e. The van der Waals surface area contributed by atoms with E-state index in [1.54, 1.807) is 18.5 Å². The first-order valence-corrected chi connectivity index (χ1v) is 9.44. The lowest BCUT2D eigenvalue weighted by molar-refractivity contribution is 0.589. The van der Waals surface area contributed by atoms with Crippen LogP contribution in [0.15, 0.2) is 65.3 Å². The predicted molar refractivity (Wildman–Crippen MR) is 112 cm³/mol. The van der Waals surface area contributed by atoms with Gasteiger partial charge < -0.3 is 20.4 Å². The van der Waals surface area contributed by atoms with Gasteiger partial charge in [0, 0.05) is 67.0 Å². The molecule has 0 atom stereocenters. The molecule has 1 aromatic carbocycles. The predicted octanol–water partition coefficient (Wildman–Crippen LogP) is 3.55. The largest absolute Gasteiger partial charge is 0.454 e. The van der Waals surface area contributed by atoms with Gasteiger partial charge in [-0.2, -0.15) is 0 Å². The monoisotopic (exact) mass is 371 g/mol. The van der Waals surface area contributed by atoms with Crippen molar-refractivity contribution in [1.82, 2.24) is 15.3 Å². The number of hydrogen-bond acceptors (Lipinski definition) is 6. The zero-order valence-electron chi connectivity index (χ0n) is 15.4. The number of furan rings is 1. The van der Waals surface area contributed by atoms with Crippen molar-refractivity contribution in [3.8, 4) is 22.5 Å². The molecule has 0 saturated carbocycles. The number of pyridine rings is 2. The molecule has 1 aliphatic rings. The lowest BCUT2D eigenvalue weighted by Gasteiger charge is -2.29. The fraction of sp³-hybridized carbons (Fsp3) is 0.182. The molecule has 0 aliphatic carbocycles. The first-order chi connectivity index (χ1) is 13.8. The maximum Gasteiger partial charge on any atom is 0.161 e. The van der Waals surface area contributed by atoms with Gasteiger partial charge >= 0.3 is 0 Å². The molecule has 6 heteroatoms. The van der Waals surface area contributed by atoms with Gasteiger partial charge in [-0.25, -0.2) is 4.98 Å². The van der Waals surface area contributed by atoms with E-state index in [1.165, 1.54) is 5.69 Å². The van der Waals surface area contributed by atoms with Gasteiger partial charge in [0.2, 0.25) is 0 Å². The molecule has 0 spiro atoms. The van der Waals surface area contributed by atoms with Crippen LogP contribution in [0.1, 0.15) is 0 Å². The van der Waals surface area contributed by atoms with E-state index < -0.39 is 0 Å². The van der Waals surface area contributed by atoms with Gasteiger partial charge in [0.1, 0.15) is 17.1 Å². The minimum Gasteiger partial charge on any atom is -0.454 e. The number of aromatic nitrogens is 2. The summed E-state index contributed by atoms with van der Waals surface area (Å²) in [6, 6.07) is 16.2. The van der Waals surface area contributed by atoms with Crippen molar-refractivity contribution in [3.63, 3.8) is 0 Å². The number of anilines is 2. The van der Waals surface area contributed by atoms with Gasteiger partial charge in [-0.3, -0.25) is 4.98 Å². The molecule has 0 unspecified atom stereocenters. The molecule has 5 rings (SSSR count). The number of hydrogen-bond donors (Lipinski definition) is 2. The third kappa shape index (κ3) is 3.08. The van der Waals surface area contributed by atoms with E-state index in [0.717, 1.165) is 59.7 Å². The topological polar surface area (TPSA) is 80.2 Å². The summed E-state index contributed by atoms with van der Waals surface area (Å²) in [6.07, 6.45) is 3.55. The highest BCUT2D eigenvalue weighted by Gasteiger charge is 2.14. The zero-order chi connectivity index (χ0) is 18.9. The SMILES string of the molecule is Nc1ccc(-c2ccnc3cc(-c4ccc(N5CCNCC5)cc4)oc23)cn1. The minimum absolute atomic E-state index is 0.499. The Kier molecular flexibility index (Phi) is 4.18. The number of nitrogens with two attached hydrogens (primary N) is 1. The van der Waals surface area contributed by atoms with Crippen LogP contribution in [0.3, 0.4) is 0 Å². The third-order valence-corrected chi connectivity index (χ3v) is 5.14. The van der Waals surface area contributed by atoms with E-state index in [-0.39, 0.29) is 0 Å². The summed E-state index contributed by atoms with van der Waals surface area (Å²) in [5.41, 5.74) is 11.5. The highest BCUT2D eigenvalue weighted by atomic mass is 16.3. The molecule has 28 heavy (non-hydrogen) atoms. The number of rotatable bonds is 3. The molecule has 3 N–H and O–H groups in total. The van der Waals surface area contributed by atoms with Gasteiger partial charge in [-0.05, 0) is 42.5 Å². The second kappa shape index (κ2) is 6.98. The average molecular weight is 371 g/mol. The fourth-order valence-electron chi connectivity index (χ4n) is 3.63. The Labute approximate surface area is 163 Å². The molecule has 1 saturated heterocycles. The zero-order valence-corrected chi connectivity index (χ0v) is 15.4. The Morgan fingerprint density at radius 3 is 2.46 bits per heavy atom. The molecule has 0 bridgehead atoms. The van der Waals surface area contributed by atoms with E-state index in [4.69, 9.17) is 10.2 Å². The van der Waals surface area contributed by atoms with Crippen LogP contribution < -0.4 is 16.0 Å². The lowest BCUT2D eigenvalue weighted by Crippen LogP contribution is -2.43. The summed E-state index contributed by atoms with van der Waals surface area (Å²) in [5, 5.41) is 3.38. The van der Waals surface area contributed by atoms with Gasteiger partial charge in [0.15, 0.2) is 5.58 Å². The van der Waals surface area contributed by atoms with Crippen LogP contribution in [0, 0.1) is 0 Å². The Balaban J connectivity index is 1.50. The Morgan fingerprint density at radius 1 is 0.929 bits per heavy atom. The molecule has 4 heterocycles. The van der Waals surface area contributed by atoms with Crippen molar-refractivity contribution in [2.24, 2.45) is 0 Å². The first kappa shape index (κ1) is 16.8. The standard InChI is InChI=1S/C22H21N5O/c23-21-6-3-16(14-26-21)18-7-8-25-19-13-20(28-22(18)19)15-1-4-17(5-2-15)27-11-9-24-10-12-27/h1-8,13-14,24H,9-12H2,(H2,23,26). The fourth-order valence-corrected chi connectivity index (χ4v) is 3.63. The van der Waals surface area contributed by atoms with Gasteiger partial charge in [0.25, 0.3) is 0 Å². The van der Waals surface area contributed by atoms with Crippen LogP contribution in [0.4, 0.5) is 11.5 Å². The molecule has 0 radical (unpaired) electrons. The highest BCUT2D eigenvalue weighted by Crippen LogP contribution is 2.34. The summed E-state index contributed by atoms with van der Waals surface area (Å²) < 4.78 is 6.21. The van der Waals surface area contributed by atoms with Gasteiger partial charge in [-0.1, -0.05) is 0 Å². The number of nitrogens with one attached hydrogen (secondary N) is 1. The van der Waals surface area contributed by atoms with Crippen LogP contribution in [0.25, 0.3) is 33.6 Å². The Hall–Kier alpha value is -3.38. The van der Waals surface area contributed by atoms with Crippen LogP contribution in [0.5, 0.6) is 0 Å². The summed E-state index contributed by atoms with van der Waals surface area (Å²) >= 11 is 0. The molecule has 140 valence electrons. The van der Waals surface area contributed by atoms with Crippen molar-refractivity contribution in [3.05, 3.63) is 60.9 Å². The number of benzene rings is 1. The quantitative estimate of drug-likeness (QED) is 0.573. The number of nitrogens with zero attached hydrogens (tertiary/aromatic N) is 3. The second-order valence-corrected chi connectivity index (χ2v) is 6.94. The first-order valence-electron chi connectivity index (χ1n) is 9.44. The molecular formula is C22H21N5O. The second-order valence-electron chi connectivity index (χ2n) is 6.94. The van der Waals surface area contributed by atoms with Crippen molar-refractivity contribution in [2.45, 2.75) is 0 Å². The highest BCUT2D eigenvalue weighted by molar-refractivity contribution is 5.92. The lowest BCUT2D eigenvalue weighted by atomic mass is 10.1. The molecule has 1 fully saturated rings. The van der Waals surface area contributed by atoms with Crippen LogP contribution >= 0.6 is 0 Å². The van der Waals surface area contributed by atoms with Crippen LogP contribution in [-0.4, -0.2) is 36.1 Å². The molecule has 4 aromatic rings. The molecule has 0 amide bonds. The number of fused-ring (bicyclic) bond motifs is 1. The van der Waals surface area contributed by atoms with Crippen LogP contribution in [-0.2, 0) is 0 Å². The van der Waals surface area contributed by atoms with Crippen molar-refractivity contribution in [1.29, 1.82) is 0 Å². The number of piperazine rings is 1. The van der Waals surface area contributed by atoms with E-state index in [1.807, 2.05) is 18.2 Å². The summed E-state index contributed by atoms with van der Waals surface area (Å²) in [5.74, 6) is 1.31. The maximum absolute atomic E-state index is 6.21. The molecular weight excluding hydrogens is 350 g/mol. The molecule has 3 aromatic heterocycles. The average Bonchev–Trinajstić information content (AvgIpc) is 3.20. The summed E-state index contributed by atoms with van der Waals surface area (Å²) in [6.45, 7) is 4.12.